The Balaban J connectivity index is 0. The van der Waals surface area contributed by atoms with Gasteiger partial charge in [-0.15, -0.1) is 0 Å². The summed E-state index contributed by atoms with van der Waals surface area (Å²) < 4.78 is 9.48. The van der Waals surface area contributed by atoms with Crippen LogP contribution in [0.5, 0.6) is 0 Å². The zero-order valence-corrected chi connectivity index (χ0v) is 13.0. The van der Waals surface area contributed by atoms with Crippen molar-refractivity contribution in [3.8, 4) is 0 Å². The number of hydrogen-bond donors (Lipinski definition) is 0. The smallest absolute Gasteiger partial charge is 0.330 e. The van der Waals surface area contributed by atoms with Crippen molar-refractivity contribution in [2.24, 2.45) is 5.92 Å². The summed E-state index contributed by atoms with van der Waals surface area (Å²) in [4.78, 5) is 20.9. The minimum absolute atomic E-state index is 0.323. The van der Waals surface area contributed by atoms with Gasteiger partial charge in [0, 0.05) is 12.2 Å². The van der Waals surface area contributed by atoms with E-state index in [-0.39, 0.29) is 11.9 Å². The van der Waals surface area contributed by atoms with Gasteiger partial charge in [0.25, 0.3) is 0 Å². The molecule has 0 aromatic heterocycles. The standard InChI is InChI=1S/2C8H14O2/c1-4-8(9)10-6-5-7(2)3;1-3-5-6-7-10-8(9)4-2/h4,7H,1,5-6H2,2-3H3;4H,2-3,5-7H2,1H3. The van der Waals surface area contributed by atoms with Crippen molar-refractivity contribution in [1.82, 2.24) is 0 Å². The molecule has 0 aliphatic rings. The molecule has 0 rings (SSSR count). The van der Waals surface area contributed by atoms with Gasteiger partial charge in [-0.1, -0.05) is 46.8 Å². The topological polar surface area (TPSA) is 52.6 Å². The van der Waals surface area contributed by atoms with Gasteiger partial charge in [-0.2, -0.15) is 0 Å². The van der Waals surface area contributed by atoms with Crippen LogP contribution >= 0.6 is 0 Å². The monoisotopic (exact) mass is 284 g/mol. The molecule has 0 spiro atoms. The maximum absolute atomic E-state index is 10.5. The molecule has 0 heterocycles. The lowest BCUT2D eigenvalue weighted by Crippen LogP contribution is -2.03. The molecule has 0 aliphatic heterocycles. The Bertz CT molecular complexity index is 282. The lowest BCUT2D eigenvalue weighted by molar-refractivity contribution is -0.138. The molecule has 0 unspecified atom stereocenters. The third-order valence-corrected chi connectivity index (χ3v) is 2.27. The van der Waals surface area contributed by atoms with Crippen LogP contribution in [0.3, 0.4) is 0 Å². The Morgan fingerprint density at radius 3 is 1.90 bits per heavy atom. The van der Waals surface area contributed by atoms with E-state index in [0.29, 0.717) is 19.1 Å². The molecule has 0 radical (unpaired) electrons. The summed E-state index contributed by atoms with van der Waals surface area (Å²) in [6.45, 7) is 13.9. The molecule has 0 N–H and O–H groups in total. The lowest BCUT2D eigenvalue weighted by Gasteiger charge is -2.03. The quantitative estimate of drug-likeness (QED) is 0.368. The normalized spacial score (nSPS) is 9.20. The number of rotatable bonds is 9. The Hall–Kier alpha value is -1.58. The largest absolute Gasteiger partial charge is 0.463 e. The summed E-state index contributed by atoms with van der Waals surface area (Å²) >= 11 is 0. The minimum Gasteiger partial charge on any atom is -0.463 e. The SMILES string of the molecule is C=CC(=O)OCCC(C)C.C=CC(=O)OCCCCC. The molecule has 0 aliphatic carbocycles. The van der Waals surface area contributed by atoms with Crippen LogP contribution in [0.15, 0.2) is 25.3 Å². The van der Waals surface area contributed by atoms with E-state index in [4.69, 9.17) is 9.47 Å². The van der Waals surface area contributed by atoms with Gasteiger partial charge in [0.2, 0.25) is 0 Å². The number of carbonyl (C=O) groups is 2. The fraction of sp³-hybridized carbons (Fsp3) is 0.625. The van der Waals surface area contributed by atoms with Crippen LogP contribution in [-0.4, -0.2) is 25.2 Å². The third-order valence-electron chi connectivity index (χ3n) is 2.27. The van der Waals surface area contributed by atoms with E-state index in [0.717, 1.165) is 25.7 Å². The average Bonchev–Trinajstić information content (AvgIpc) is 2.43. The summed E-state index contributed by atoms with van der Waals surface area (Å²) in [6.07, 6.45) is 6.50. The van der Waals surface area contributed by atoms with E-state index >= 15 is 0 Å². The molecule has 0 amide bonds. The van der Waals surface area contributed by atoms with E-state index in [1.807, 2.05) is 0 Å². The number of unbranched alkanes of at least 4 members (excludes halogenated alkanes) is 2. The van der Waals surface area contributed by atoms with E-state index in [2.05, 4.69) is 33.9 Å². The first-order chi connectivity index (χ1) is 9.47. The Labute approximate surface area is 122 Å². The van der Waals surface area contributed by atoms with Gasteiger partial charge in [-0.05, 0) is 18.8 Å². The molecular formula is C16H28O4. The van der Waals surface area contributed by atoms with Gasteiger partial charge in [0.1, 0.15) is 0 Å². The summed E-state index contributed by atoms with van der Waals surface area (Å²) in [5.74, 6) is -0.0747. The van der Waals surface area contributed by atoms with Crippen LogP contribution in [0.4, 0.5) is 0 Å². The van der Waals surface area contributed by atoms with Crippen molar-refractivity contribution < 1.29 is 19.1 Å². The van der Waals surface area contributed by atoms with Crippen LogP contribution in [0.1, 0.15) is 46.5 Å². The van der Waals surface area contributed by atoms with E-state index in [1.165, 1.54) is 12.2 Å². The van der Waals surface area contributed by atoms with Gasteiger partial charge in [0.05, 0.1) is 13.2 Å². The first kappa shape index (κ1) is 20.7. The minimum atomic E-state index is -0.333. The Morgan fingerprint density at radius 1 is 1.00 bits per heavy atom. The molecule has 0 aromatic carbocycles. The Kier molecular flexibility index (Phi) is 16.0. The molecule has 20 heavy (non-hydrogen) atoms. The molecule has 0 saturated carbocycles. The van der Waals surface area contributed by atoms with Crippen LogP contribution in [0.25, 0.3) is 0 Å². The molecule has 4 heteroatoms. The third kappa shape index (κ3) is 18.8. The zero-order chi connectivity index (χ0) is 15.8. The summed E-state index contributed by atoms with van der Waals surface area (Å²) in [6, 6.07) is 0. The number of esters is 2. The van der Waals surface area contributed by atoms with Crippen molar-refractivity contribution in [2.45, 2.75) is 46.5 Å². The van der Waals surface area contributed by atoms with Crippen molar-refractivity contribution in [3.05, 3.63) is 25.3 Å². The van der Waals surface area contributed by atoms with Crippen molar-refractivity contribution in [3.63, 3.8) is 0 Å². The predicted octanol–water partition coefficient (Wildman–Crippen LogP) is 3.67. The highest BCUT2D eigenvalue weighted by Crippen LogP contribution is 1.98. The molecule has 0 fully saturated rings. The van der Waals surface area contributed by atoms with Crippen molar-refractivity contribution >= 4 is 11.9 Å². The predicted molar refractivity (Wildman–Crippen MR) is 81.3 cm³/mol. The molecule has 116 valence electrons. The molecular weight excluding hydrogens is 256 g/mol. The van der Waals surface area contributed by atoms with Crippen LogP contribution in [-0.2, 0) is 19.1 Å². The molecule has 0 aromatic rings. The Morgan fingerprint density at radius 2 is 1.50 bits per heavy atom. The highest BCUT2D eigenvalue weighted by Gasteiger charge is 1.96. The average molecular weight is 284 g/mol. The number of ether oxygens (including phenoxy) is 2. The molecule has 4 nitrogen and oxygen atoms in total. The number of hydrogen-bond acceptors (Lipinski definition) is 4. The second-order valence-electron chi connectivity index (χ2n) is 4.63. The second kappa shape index (κ2) is 15.5. The van der Waals surface area contributed by atoms with Gasteiger partial charge >= 0.3 is 11.9 Å². The van der Waals surface area contributed by atoms with Crippen LogP contribution < -0.4 is 0 Å². The highest BCUT2D eigenvalue weighted by atomic mass is 16.5. The lowest BCUT2D eigenvalue weighted by atomic mass is 10.1. The van der Waals surface area contributed by atoms with E-state index in [1.54, 1.807) is 0 Å². The van der Waals surface area contributed by atoms with Crippen LogP contribution in [0.2, 0.25) is 0 Å². The number of carbonyl (C=O) groups excluding carboxylic acids is 2. The second-order valence-corrected chi connectivity index (χ2v) is 4.63. The van der Waals surface area contributed by atoms with Crippen molar-refractivity contribution in [2.75, 3.05) is 13.2 Å². The van der Waals surface area contributed by atoms with E-state index in [9.17, 15) is 9.59 Å². The van der Waals surface area contributed by atoms with Gasteiger partial charge in [-0.3, -0.25) is 0 Å². The van der Waals surface area contributed by atoms with E-state index < -0.39 is 0 Å². The maximum Gasteiger partial charge on any atom is 0.330 e. The summed E-state index contributed by atoms with van der Waals surface area (Å²) in [7, 11) is 0. The molecule has 0 atom stereocenters. The highest BCUT2D eigenvalue weighted by molar-refractivity contribution is 5.81. The maximum atomic E-state index is 10.5. The molecule has 0 saturated heterocycles. The fourth-order valence-corrected chi connectivity index (χ4v) is 1.04. The van der Waals surface area contributed by atoms with Gasteiger partial charge in [0.15, 0.2) is 0 Å². The molecule has 0 bridgehead atoms. The first-order valence-corrected chi connectivity index (χ1v) is 7.06. The van der Waals surface area contributed by atoms with Crippen LogP contribution in [0, 0.1) is 5.92 Å². The van der Waals surface area contributed by atoms with Gasteiger partial charge in [-0.25, -0.2) is 9.59 Å². The summed E-state index contributed by atoms with van der Waals surface area (Å²) in [5, 5.41) is 0. The van der Waals surface area contributed by atoms with Gasteiger partial charge < -0.3 is 9.47 Å². The van der Waals surface area contributed by atoms with Crippen molar-refractivity contribution in [1.29, 1.82) is 0 Å². The fourth-order valence-electron chi connectivity index (χ4n) is 1.04. The zero-order valence-electron chi connectivity index (χ0n) is 13.0. The summed E-state index contributed by atoms with van der Waals surface area (Å²) in [5.41, 5.74) is 0. The first-order valence-electron chi connectivity index (χ1n) is 7.06.